The van der Waals surface area contributed by atoms with Crippen LogP contribution in [0.2, 0.25) is 0 Å². The fraction of sp³-hybridized carbons (Fsp3) is 0.278. The van der Waals surface area contributed by atoms with Crippen molar-refractivity contribution in [1.29, 1.82) is 0 Å². The molecule has 2 heterocycles. The standard InChI is InChI=1S/C18H22N3O/c1-4-19(5-2)16-11-9-15(10-12-16)18-17-8-6-7-13-20(17)14-21(18)22-3/h6-14H,4-5H2,1-3H3/q+1. The molecule has 4 heteroatoms. The molecule has 0 aliphatic carbocycles. The van der Waals surface area contributed by atoms with Crippen LogP contribution in [0.25, 0.3) is 16.8 Å². The highest BCUT2D eigenvalue weighted by molar-refractivity contribution is 5.75. The van der Waals surface area contributed by atoms with Gasteiger partial charge in [-0.15, -0.1) is 0 Å². The maximum atomic E-state index is 5.49. The summed E-state index contributed by atoms with van der Waals surface area (Å²) in [5.74, 6) is 0. The molecule has 0 aliphatic heterocycles. The number of imidazole rings is 1. The maximum Gasteiger partial charge on any atom is 0.290 e. The maximum absolute atomic E-state index is 5.49. The summed E-state index contributed by atoms with van der Waals surface area (Å²) in [4.78, 5) is 7.83. The minimum absolute atomic E-state index is 1.02. The van der Waals surface area contributed by atoms with E-state index in [-0.39, 0.29) is 0 Å². The highest BCUT2D eigenvalue weighted by Gasteiger charge is 2.20. The SMILES string of the molecule is CCN(CC)c1ccc(-c2c3cccc[n+]3cn2OC)cc1. The molecule has 4 nitrogen and oxygen atoms in total. The van der Waals surface area contributed by atoms with E-state index in [9.17, 15) is 0 Å². The second kappa shape index (κ2) is 6.10. The minimum atomic E-state index is 1.02. The third kappa shape index (κ3) is 2.41. The van der Waals surface area contributed by atoms with Crippen LogP contribution in [0.1, 0.15) is 13.8 Å². The van der Waals surface area contributed by atoms with Gasteiger partial charge >= 0.3 is 0 Å². The van der Waals surface area contributed by atoms with Gasteiger partial charge in [0.15, 0.2) is 5.52 Å². The highest BCUT2D eigenvalue weighted by Crippen LogP contribution is 2.25. The Bertz CT molecular complexity index is 758. The van der Waals surface area contributed by atoms with Crippen molar-refractivity contribution in [2.24, 2.45) is 0 Å². The van der Waals surface area contributed by atoms with E-state index in [2.05, 4.69) is 53.5 Å². The van der Waals surface area contributed by atoms with Crippen molar-refractivity contribution >= 4 is 11.2 Å². The minimum Gasteiger partial charge on any atom is -0.372 e. The Labute approximate surface area is 131 Å². The summed E-state index contributed by atoms with van der Waals surface area (Å²) < 4.78 is 3.87. The molecule has 0 fully saturated rings. The van der Waals surface area contributed by atoms with Gasteiger partial charge in [-0.05, 0) is 55.0 Å². The molecule has 3 rings (SSSR count). The number of hydrogen-bond donors (Lipinski definition) is 0. The quantitative estimate of drug-likeness (QED) is 0.675. The number of anilines is 1. The lowest BCUT2D eigenvalue weighted by Crippen LogP contribution is -2.21. The van der Waals surface area contributed by atoms with Crippen LogP contribution in [0.4, 0.5) is 5.69 Å². The molecular formula is C18H22N3O+. The smallest absolute Gasteiger partial charge is 0.290 e. The molecule has 0 atom stereocenters. The molecule has 0 saturated carbocycles. The third-order valence-corrected chi connectivity index (χ3v) is 4.05. The van der Waals surface area contributed by atoms with E-state index in [4.69, 9.17) is 4.84 Å². The van der Waals surface area contributed by atoms with E-state index < -0.39 is 0 Å². The predicted octanol–water partition coefficient (Wildman–Crippen LogP) is 2.80. The fourth-order valence-electron chi connectivity index (χ4n) is 2.87. The Hall–Kier alpha value is -2.49. The van der Waals surface area contributed by atoms with Gasteiger partial charge in [0.05, 0.1) is 6.20 Å². The summed E-state index contributed by atoms with van der Waals surface area (Å²) in [5, 5.41) is 0. The van der Waals surface area contributed by atoms with Crippen LogP contribution in [0.3, 0.4) is 0 Å². The van der Waals surface area contributed by atoms with Crippen molar-refractivity contribution in [2.45, 2.75) is 13.8 Å². The van der Waals surface area contributed by atoms with Crippen molar-refractivity contribution in [2.75, 3.05) is 25.1 Å². The highest BCUT2D eigenvalue weighted by atomic mass is 16.6. The van der Waals surface area contributed by atoms with Crippen molar-refractivity contribution in [3.05, 3.63) is 55.0 Å². The first-order valence-electron chi connectivity index (χ1n) is 7.69. The monoisotopic (exact) mass is 296 g/mol. The predicted molar refractivity (Wildman–Crippen MR) is 89.1 cm³/mol. The van der Waals surface area contributed by atoms with Gasteiger partial charge in [-0.1, -0.05) is 6.07 Å². The average molecular weight is 296 g/mol. The molecule has 0 aliphatic rings. The number of aromatic nitrogens is 2. The van der Waals surface area contributed by atoms with Gasteiger partial charge in [0, 0.05) is 24.3 Å². The van der Waals surface area contributed by atoms with E-state index in [1.807, 2.05) is 29.4 Å². The first-order valence-corrected chi connectivity index (χ1v) is 7.69. The summed E-state index contributed by atoms with van der Waals surface area (Å²) in [5.41, 5.74) is 4.59. The normalized spacial score (nSPS) is 10.9. The van der Waals surface area contributed by atoms with E-state index >= 15 is 0 Å². The number of rotatable bonds is 5. The van der Waals surface area contributed by atoms with Crippen LogP contribution in [0.15, 0.2) is 55.0 Å². The number of benzene rings is 1. The van der Waals surface area contributed by atoms with Crippen LogP contribution in [0.5, 0.6) is 0 Å². The first kappa shape index (κ1) is 14.4. The second-order valence-corrected chi connectivity index (χ2v) is 5.18. The molecule has 0 spiro atoms. The topological polar surface area (TPSA) is 21.5 Å². The van der Waals surface area contributed by atoms with Crippen molar-refractivity contribution < 1.29 is 9.24 Å². The van der Waals surface area contributed by atoms with Crippen LogP contribution < -0.4 is 14.1 Å². The van der Waals surface area contributed by atoms with Crippen molar-refractivity contribution in [1.82, 2.24) is 4.73 Å². The summed E-state index contributed by atoms with van der Waals surface area (Å²) in [7, 11) is 1.69. The Morgan fingerprint density at radius 1 is 1.05 bits per heavy atom. The van der Waals surface area contributed by atoms with Gasteiger partial charge in [-0.3, -0.25) is 0 Å². The van der Waals surface area contributed by atoms with Crippen LogP contribution in [-0.4, -0.2) is 24.9 Å². The van der Waals surface area contributed by atoms with E-state index in [1.54, 1.807) is 7.11 Å². The average Bonchev–Trinajstić information content (AvgIpc) is 2.95. The van der Waals surface area contributed by atoms with E-state index in [0.29, 0.717) is 0 Å². The summed E-state index contributed by atoms with van der Waals surface area (Å²) in [6.07, 6.45) is 3.97. The molecule has 0 radical (unpaired) electrons. The number of pyridine rings is 1. The van der Waals surface area contributed by atoms with Gasteiger partial charge in [0.1, 0.15) is 7.11 Å². The Morgan fingerprint density at radius 2 is 1.77 bits per heavy atom. The Kier molecular flexibility index (Phi) is 4.00. The number of hydrogen-bond acceptors (Lipinski definition) is 2. The van der Waals surface area contributed by atoms with Crippen molar-refractivity contribution in [3.63, 3.8) is 0 Å². The third-order valence-electron chi connectivity index (χ3n) is 4.05. The first-order chi connectivity index (χ1) is 10.8. The van der Waals surface area contributed by atoms with Crippen molar-refractivity contribution in [3.8, 4) is 11.3 Å². The molecule has 0 bridgehead atoms. The zero-order chi connectivity index (χ0) is 15.5. The van der Waals surface area contributed by atoms with E-state index in [0.717, 1.165) is 29.9 Å². The molecule has 22 heavy (non-hydrogen) atoms. The summed E-state index contributed by atoms with van der Waals surface area (Å²) in [6.45, 7) is 6.39. The second-order valence-electron chi connectivity index (χ2n) is 5.18. The van der Waals surface area contributed by atoms with Gasteiger partial charge in [-0.2, -0.15) is 4.40 Å². The van der Waals surface area contributed by atoms with E-state index in [1.165, 1.54) is 5.69 Å². The van der Waals surface area contributed by atoms with Gasteiger partial charge in [0.25, 0.3) is 6.33 Å². The summed E-state index contributed by atoms with van der Waals surface area (Å²) >= 11 is 0. The van der Waals surface area contributed by atoms with Crippen LogP contribution in [0, 0.1) is 0 Å². The molecule has 114 valence electrons. The molecule has 3 aromatic rings. The Balaban J connectivity index is 2.07. The summed E-state index contributed by atoms with van der Waals surface area (Å²) in [6, 6.07) is 14.8. The van der Waals surface area contributed by atoms with Gasteiger partial charge < -0.3 is 9.74 Å². The largest absolute Gasteiger partial charge is 0.372 e. The molecule has 0 unspecified atom stereocenters. The lowest BCUT2D eigenvalue weighted by atomic mass is 10.1. The zero-order valence-corrected chi connectivity index (χ0v) is 13.4. The molecule has 0 N–H and O–H groups in total. The van der Waals surface area contributed by atoms with Crippen LogP contribution in [-0.2, 0) is 0 Å². The molecule has 2 aromatic heterocycles. The molecule has 0 saturated heterocycles. The molecular weight excluding hydrogens is 274 g/mol. The Morgan fingerprint density at radius 3 is 2.41 bits per heavy atom. The fourth-order valence-corrected chi connectivity index (χ4v) is 2.87. The van der Waals surface area contributed by atoms with Gasteiger partial charge in [-0.25, -0.2) is 0 Å². The zero-order valence-electron chi connectivity index (χ0n) is 13.4. The molecule has 1 aromatic carbocycles. The lowest BCUT2D eigenvalue weighted by molar-refractivity contribution is -0.514. The number of nitrogens with zero attached hydrogens (tertiary/aromatic N) is 3. The number of fused-ring (bicyclic) bond motifs is 1. The lowest BCUT2D eigenvalue weighted by Gasteiger charge is -2.20. The molecule has 0 amide bonds. The van der Waals surface area contributed by atoms with Crippen LogP contribution >= 0.6 is 0 Å². The van der Waals surface area contributed by atoms with Gasteiger partial charge in [0.2, 0.25) is 5.69 Å².